The Morgan fingerprint density at radius 2 is 2.38 bits per heavy atom. The lowest BCUT2D eigenvalue weighted by atomic mass is 9.94. The zero-order valence-corrected chi connectivity index (χ0v) is 9.44. The van der Waals surface area contributed by atoms with Crippen LogP contribution in [-0.2, 0) is 0 Å². The molecule has 2 saturated heterocycles. The number of hydrogen-bond acceptors (Lipinski definition) is 5. The molecule has 2 atom stereocenters. The first kappa shape index (κ1) is 9.89. The molecule has 0 bridgehead atoms. The second kappa shape index (κ2) is 3.93. The van der Waals surface area contributed by atoms with E-state index in [1.54, 1.807) is 7.11 Å². The summed E-state index contributed by atoms with van der Waals surface area (Å²) in [7, 11) is 1.58. The van der Waals surface area contributed by atoms with Crippen molar-refractivity contribution in [3.05, 3.63) is 0 Å². The lowest BCUT2D eigenvalue weighted by molar-refractivity contribution is 0.340. The predicted molar refractivity (Wildman–Crippen MR) is 59.7 cm³/mol. The number of methoxy groups -OCH3 is 1. The number of piperidine rings is 1. The molecule has 88 valence electrons. The van der Waals surface area contributed by atoms with Gasteiger partial charge in [-0.15, -0.1) is 5.10 Å². The highest BCUT2D eigenvalue weighted by molar-refractivity contribution is 5.33. The van der Waals surface area contributed by atoms with Crippen LogP contribution in [0.25, 0.3) is 0 Å². The SMILES string of the molecule is COc1n[nH]c(N2CC3CCCNC3C2)n1. The van der Waals surface area contributed by atoms with Gasteiger partial charge in [0.15, 0.2) is 0 Å². The number of rotatable bonds is 2. The van der Waals surface area contributed by atoms with Crippen LogP contribution in [0.2, 0.25) is 0 Å². The molecule has 0 spiro atoms. The van der Waals surface area contributed by atoms with Crippen molar-refractivity contribution in [2.24, 2.45) is 5.92 Å². The summed E-state index contributed by atoms with van der Waals surface area (Å²) in [6, 6.07) is 1.03. The van der Waals surface area contributed by atoms with Crippen LogP contribution in [0.5, 0.6) is 6.01 Å². The van der Waals surface area contributed by atoms with Crippen LogP contribution in [0.4, 0.5) is 5.95 Å². The van der Waals surface area contributed by atoms with Crippen LogP contribution < -0.4 is 15.0 Å². The van der Waals surface area contributed by atoms with E-state index < -0.39 is 0 Å². The molecule has 16 heavy (non-hydrogen) atoms. The molecule has 0 aromatic carbocycles. The summed E-state index contributed by atoms with van der Waals surface area (Å²) in [4.78, 5) is 6.53. The van der Waals surface area contributed by atoms with Crippen molar-refractivity contribution in [1.82, 2.24) is 20.5 Å². The maximum Gasteiger partial charge on any atom is 0.336 e. The van der Waals surface area contributed by atoms with Gasteiger partial charge in [-0.25, -0.2) is 5.10 Å². The maximum absolute atomic E-state index is 4.98. The van der Waals surface area contributed by atoms with Crippen molar-refractivity contribution in [2.45, 2.75) is 18.9 Å². The fraction of sp³-hybridized carbons (Fsp3) is 0.800. The number of anilines is 1. The van der Waals surface area contributed by atoms with Crippen molar-refractivity contribution in [2.75, 3.05) is 31.6 Å². The summed E-state index contributed by atoms with van der Waals surface area (Å²) < 4.78 is 4.98. The number of hydrogen-bond donors (Lipinski definition) is 2. The number of nitrogens with one attached hydrogen (secondary N) is 2. The van der Waals surface area contributed by atoms with Crippen molar-refractivity contribution < 1.29 is 4.74 Å². The Bertz CT molecular complexity index is 352. The fourth-order valence-electron chi connectivity index (χ4n) is 2.69. The summed E-state index contributed by atoms with van der Waals surface area (Å²) in [6.45, 7) is 3.23. The van der Waals surface area contributed by atoms with Crippen molar-refractivity contribution >= 4 is 5.95 Å². The summed E-state index contributed by atoms with van der Waals surface area (Å²) in [6.07, 6.45) is 2.61. The van der Waals surface area contributed by atoms with Crippen molar-refractivity contribution in [3.8, 4) is 6.01 Å². The largest absolute Gasteiger partial charge is 0.466 e. The average Bonchev–Trinajstić information content (AvgIpc) is 2.95. The molecule has 1 aromatic heterocycles. The maximum atomic E-state index is 4.98. The minimum absolute atomic E-state index is 0.415. The van der Waals surface area contributed by atoms with E-state index in [1.807, 2.05) is 0 Å². The molecule has 3 heterocycles. The third kappa shape index (κ3) is 1.63. The second-order valence-electron chi connectivity index (χ2n) is 4.51. The number of ether oxygens (including phenoxy) is 1. The molecule has 2 fully saturated rings. The summed E-state index contributed by atoms with van der Waals surface area (Å²) in [5.74, 6) is 1.58. The normalized spacial score (nSPS) is 29.2. The molecule has 2 aliphatic heterocycles. The third-order valence-corrected chi connectivity index (χ3v) is 3.53. The van der Waals surface area contributed by atoms with E-state index in [-0.39, 0.29) is 0 Å². The van der Waals surface area contributed by atoms with E-state index in [9.17, 15) is 0 Å². The minimum atomic E-state index is 0.415. The first-order valence-electron chi connectivity index (χ1n) is 5.81. The number of aromatic nitrogens is 3. The van der Waals surface area contributed by atoms with E-state index >= 15 is 0 Å². The lowest BCUT2D eigenvalue weighted by Crippen LogP contribution is -2.40. The quantitative estimate of drug-likeness (QED) is 0.739. The Hall–Kier alpha value is -1.30. The van der Waals surface area contributed by atoms with Crippen LogP contribution in [-0.4, -0.2) is 48.0 Å². The van der Waals surface area contributed by atoms with E-state index in [2.05, 4.69) is 25.4 Å². The zero-order chi connectivity index (χ0) is 11.0. The van der Waals surface area contributed by atoms with Gasteiger partial charge in [0, 0.05) is 19.1 Å². The first-order chi connectivity index (χ1) is 7.86. The number of nitrogens with zero attached hydrogens (tertiary/aromatic N) is 3. The van der Waals surface area contributed by atoms with Gasteiger partial charge in [-0.1, -0.05) is 0 Å². The van der Waals surface area contributed by atoms with Crippen LogP contribution in [0.15, 0.2) is 0 Å². The van der Waals surface area contributed by atoms with Crippen molar-refractivity contribution in [3.63, 3.8) is 0 Å². The Balaban J connectivity index is 1.72. The third-order valence-electron chi connectivity index (χ3n) is 3.53. The van der Waals surface area contributed by atoms with Crippen LogP contribution >= 0.6 is 0 Å². The molecule has 0 radical (unpaired) electrons. The molecule has 2 aliphatic rings. The molecule has 0 saturated carbocycles. The van der Waals surface area contributed by atoms with Crippen LogP contribution in [0.1, 0.15) is 12.8 Å². The lowest BCUT2D eigenvalue weighted by Gasteiger charge is -2.24. The van der Waals surface area contributed by atoms with Gasteiger partial charge in [-0.3, -0.25) is 0 Å². The summed E-state index contributed by atoms with van der Waals surface area (Å²) in [5.41, 5.74) is 0. The van der Waals surface area contributed by atoms with Crippen molar-refractivity contribution in [1.29, 1.82) is 0 Å². The van der Waals surface area contributed by atoms with E-state index in [1.165, 1.54) is 12.8 Å². The van der Waals surface area contributed by atoms with Gasteiger partial charge >= 0.3 is 6.01 Å². The molecular weight excluding hydrogens is 206 g/mol. The monoisotopic (exact) mass is 223 g/mol. The molecule has 0 amide bonds. The first-order valence-corrected chi connectivity index (χ1v) is 5.81. The molecule has 3 rings (SSSR count). The smallest absolute Gasteiger partial charge is 0.336 e. The number of H-pyrrole nitrogens is 1. The number of aromatic amines is 1. The highest BCUT2D eigenvalue weighted by Gasteiger charge is 2.35. The Morgan fingerprint density at radius 1 is 1.44 bits per heavy atom. The van der Waals surface area contributed by atoms with Gasteiger partial charge in [-0.05, 0) is 25.3 Å². The highest BCUT2D eigenvalue weighted by atomic mass is 16.5. The van der Waals surface area contributed by atoms with Gasteiger partial charge in [0.05, 0.1) is 7.11 Å². The Morgan fingerprint density at radius 3 is 3.12 bits per heavy atom. The van der Waals surface area contributed by atoms with Gasteiger partial charge in [0.2, 0.25) is 5.95 Å². The molecule has 2 unspecified atom stereocenters. The zero-order valence-electron chi connectivity index (χ0n) is 9.44. The van der Waals surface area contributed by atoms with Crippen LogP contribution in [0.3, 0.4) is 0 Å². The molecule has 6 nitrogen and oxygen atoms in total. The van der Waals surface area contributed by atoms with Gasteiger partial charge in [-0.2, -0.15) is 4.98 Å². The standard InChI is InChI=1S/C10H17N5O/c1-16-10-12-9(13-14-10)15-5-7-3-2-4-11-8(7)6-15/h7-8,11H,2-6H2,1H3,(H,12,13,14). The molecule has 1 aromatic rings. The Kier molecular flexibility index (Phi) is 2.43. The Labute approximate surface area is 94.4 Å². The van der Waals surface area contributed by atoms with Gasteiger partial charge in [0.25, 0.3) is 0 Å². The number of fused-ring (bicyclic) bond motifs is 1. The molecule has 2 N–H and O–H groups in total. The second-order valence-corrected chi connectivity index (χ2v) is 4.51. The summed E-state index contributed by atoms with van der Waals surface area (Å²) in [5, 5.41) is 10.5. The fourth-order valence-corrected chi connectivity index (χ4v) is 2.69. The molecule has 0 aliphatic carbocycles. The predicted octanol–water partition coefficient (Wildman–Crippen LogP) is 0.00150. The average molecular weight is 223 g/mol. The molecule has 6 heteroatoms. The minimum Gasteiger partial charge on any atom is -0.466 e. The summed E-state index contributed by atoms with van der Waals surface area (Å²) >= 11 is 0. The molecular formula is C10H17N5O. The highest BCUT2D eigenvalue weighted by Crippen LogP contribution is 2.27. The van der Waals surface area contributed by atoms with E-state index in [4.69, 9.17) is 4.74 Å². The van der Waals surface area contributed by atoms with Crippen LogP contribution in [0, 0.1) is 5.92 Å². The van der Waals surface area contributed by atoms with E-state index in [0.717, 1.165) is 31.5 Å². The van der Waals surface area contributed by atoms with E-state index in [0.29, 0.717) is 12.1 Å². The topological polar surface area (TPSA) is 66.1 Å². The van der Waals surface area contributed by atoms with Gasteiger partial charge in [0.1, 0.15) is 0 Å². The van der Waals surface area contributed by atoms with Gasteiger partial charge < -0.3 is 15.0 Å².